The molecule has 0 bridgehead atoms. The van der Waals surface area contributed by atoms with E-state index in [1.807, 2.05) is 48.8 Å². The van der Waals surface area contributed by atoms with E-state index in [0.29, 0.717) is 27.1 Å². The lowest BCUT2D eigenvalue weighted by atomic mass is 10.00. The number of hydrogen-bond donors (Lipinski definition) is 0. The van der Waals surface area contributed by atoms with E-state index >= 15 is 0 Å². The van der Waals surface area contributed by atoms with Gasteiger partial charge in [-0.05, 0) is 63.0 Å². The molecule has 0 fully saturated rings. The third-order valence-corrected chi connectivity index (χ3v) is 6.63. The summed E-state index contributed by atoms with van der Waals surface area (Å²) < 4.78 is 53.7. The Labute approximate surface area is 206 Å². The van der Waals surface area contributed by atoms with Crippen LogP contribution in [0.4, 0.5) is 17.6 Å². The maximum Gasteiger partial charge on any atom is 0.419 e. The van der Waals surface area contributed by atoms with Gasteiger partial charge in [0, 0.05) is 21.5 Å². The van der Waals surface area contributed by atoms with Crippen molar-refractivity contribution >= 4 is 43.1 Å². The van der Waals surface area contributed by atoms with E-state index < -0.39 is 17.6 Å². The summed E-state index contributed by atoms with van der Waals surface area (Å²) in [5.41, 5.74) is -0.741. The summed E-state index contributed by atoms with van der Waals surface area (Å²) in [4.78, 5) is 8.10. The number of fused-ring (bicyclic) bond motifs is 6. The first-order valence-electron chi connectivity index (χ1n) is 11.1. The lowest BCUT2D eigenvalue weighted by molar-refractivity contribution is -0.139. The molecule has 0 radical (unpaired) electrons. The molecular formula is C29H12F4N4. The summed E-state index contributed by atoms with van der Waals surface area (Å²) in [5.74, 6) is -1.35. The molecule has 176 valence electrons. The lowest BCUT2D eigenvalue weighted by Gasteiger charge is -2.10. The lowest BCUT2D eigenvalue weighted by Crippen LogP contribution is -2.08. The molecule has 0 aromatic heterocycles. The quantitative estimate of drug-likeness (QED) is 0.188. The number of nitriles is 2. The van der Waals surface area contributed by atoms with Gasteiger partial charge in [-0.2, -0.15) is 33.7 Å². The van der Waals surface area contributed by atoms with Crippen molar-refractivity contribution < 1.29 is 17.6 Å². The topological polar surface area (TPSA) is 72.3 Å². The monoisotopic (exact) mass is 492 g/mol. The molecule has 0 aliphatic rings. The van der Waals surface area contributed by atoms with Crippen molar-refractivity contribution in [1.29, 1.82) is 10.5 Å². The highest BCUT2D eigenvalue weighted by atomic mass is 19.4. The maximum atomic E-state index is 13.8. The van der Waals surface area contributed by atoms with Crippen molar-refractivity contribution in [3.05, 3.63) is 94.9 Å². The molecule has 0 unspecified atom stereocenters. The second-order valence-electron chi connectivity index (χ2n) is 8.56. The van der Waals surface area contributed by atoms with E-state index in [4.69, 9.17) is 0 Å². The predicted octanol–water partition coefficient (Wildman–Crippen LogP) is 6.76. The smallest absolute Gasteiger partial charge is 0.206 e. The van der Waals surface area contributed by atoms with Gasteiger partial charge in [-0.25, -0.2) is 4.39 Å². The van der Waals surface area contributed by atoms with Crippen LogP contribution in [0.5, 0.6) is 0 Å². The zero-order valence-corrected chi connectivity index (χ0v) is 18.7. The molecular weight excluding hydrogens is 480 g/mol. The molecule has 6 aromatic carbocycles. The van der Waals surface area contributed by atoms with Gasteiger partial charge in [0.05, 0.1) is 16.3 Å². The molecule has 0 N–H and O–H groups in total. The summed E-state index contributed by atoms with van der Waals surface area (Å²) in [6, 6.07) is 19.3. The Balaban J connectivity index is 1.70. The number of nitrogens with zero attached hydrogens (tertiary/aromatic N) is 4. The number of halogens is 4. The average molecular weight is 492 g/mol. The molecule has 37 heavy (non-hydrogen) atoms. The highest BCUT2D eigenvalue weighted by molar-refractivity contribution is 6.21. The van der Waals surface area contributed by atoms with E-state index in [9.17, 15) is 28.1 Å². The molecule has 0 saturated carbocycles. The fourth-order valence-electron chi connectivity index (χ4n) is 5.07. The van der Waals surface area contributed by atoms with Gasteiger partial charge in [0.2, 0.25) is 12.4 Å². The fourth-order valence-corrected chi connectivity index (χ4v) is 5.07. The summed E-state index contributed by atoms with van der Waals surface area (Å²) in [7, 11) is 0. The Morgan fingerprint density at radius 3 is 1.70 bits per heavy atom. The van der Waals surface area contributed by atoms with Crippen molar-refractivity contribution in [2.75, 3.05) is 0 Å². The van der Waals surface area contributed by atoms with Crippen LogP contribution in [0.1, 0.15) is 5.56 Å². The van der Waals surface area contributed by atoms with Crippen LogP contribution in [0, 0.1) is 28.7 Å². The van der Waals surface area contributed by atoms with Gasteiger partial charge in [-0.15, -0.1) is 0 Å². The first kappa shape index (κ1) is 22.4. The molecule has 6 rings (SSSR count). The van der Waals surface area contributed by atoms with E-state index in [-0.39, 0.29) is 5.56 Å². The van der Waals surface area contributed by atoms with Gasteiger partial charge in [-0.1, -0.05) is 42.5 Å². The van der Waals surface area contributed by atoms with Crippen LogP contribution in [0.3, 0.4) is 0 Å². The van der Waals surface area contributed by atoms with Crippen molar-refractivity contribution in [3.63, 3.8) is 0 Å². The molecule has 0 aliphatic heterocycles. The van der Waals surface area contributed by atoms with Gasteiger partial charge < -0.3 is 0 Å². The largest absolute Gasteiger partial charge is 0.419 e. The molecule has 6 aromatic rings. The highest BCUT2D eigenvalue weighted by Gasteiger charge is 2.34. The normalized spacial score (nSPS) is 13.1. The van der Waals surface area contributed by atoms with Crippen molar-refractivity contribution in [2.45, 2.75) is 6.18 Å². The number of alkyl halides is 3. The van der Waals surface area contributed by atoms with Gasteiger partial charge >= 0.3 is 6.18 Å². The van der Waals surface area contributed by atoms with Crippen LogP contribution >= 0.6 is 0 Å². The van der Waals surface area contributed by atoms with Crippen LogP contribution in [0.15, 0.2) is 82.8 Å². The molecule has 0 heterocycles. The van der Waals surface area contributed by atoms with Gasteiger partial charge in [0.15, 0.2) is 0 Å². The maximum absolute atomic E-state index is 13.8. The molecule has 8 heteroatoms. The predicted molar refractivity (Wildman–Crippen MR) is 132 cm³/mol. The molecule has 0 spiro atoms. The fraction of sp³-hybridized carbons (Fsp3) is 0.0345. The third-order valence-electron chi connectivity index (χ3n) is 6.63. The van der Waals surface area contributed by atoms with Crippen molar-refractivity contribution in [1.82, 2.24) is 0 Å². The van der Waals surface area contributed by atoms with Crippen molar-refractivity contribution in [2.24, 2.45) is 9.98 Å². The summed E-state index contributed by atoms with van der Waals surface area (Å²) in [5, 5.41) is 25.7. The molecule has 0 amide bonds. The minimum absolute atomic E-state index is 0.184. The molecule has 4 nitrogen and oxygen atoms in total. The van der Waals surface area contributed by atoms with Gasteiger partial charge in [-0.3, -0.25) is 0 Å². The first-order valence-corrected chi connectivity index (χ1v) is 11.1. The van der Waals surface area contributed by atoms with Crippen LogP contribution < -0.4 is 10.7 Å². The van der Waals surface area contributed by atoms with E-state index in [2.05, 4.69) is 9.98 Å². The average Bonchev–Trinajstić information content (AvgIpc) is 3.35. The summed E-state index contributed by atoms with van der Waals surface area (Å²) >= 11 is 0. The zero-order chi connectivity index (χ0) is 25.9. The second-order valence-corrected chi connectivity index (χ2v) is 8.56. The summed E-state index contributed by atoms with van der Waals surface area (Å²) in [6.07, 6.45) is -1.14. The van der Waals surface area contributed by atoms with Crippen LogP contribution in [-0.2, 0) is 6.18 Å². The van der Waals surface area contributed by atoms with Crippen LogP contribution in [0.25, 0.3) is 54.2 Å². The molecule has 0 aliphatic carbocycles. The molecule has 0 saturated heterocycles. The van der Waals surface area contributed by atoms with Crippen LogP contribution in [0.2, 0.25) is 0 Å². The number of hydrogen-bond acceptors (Lipinski definition) is 4. The standard InChI is InChI=1S/C29H12F4N4/c30-26-8-6-16(10-25(26)29(31,32)33)15-5-7-18-21-12-23-20(11-24(21)28(37-14-35)22(18)9-15)17-3-1-2-4-19(17)27(23)36-13-34/h1-12H/b36-27+,37-28+. The minimum atomic E-state index is -4.83. The Bertz CT molecular complexity index is 2120. The van der Waals surface area contributed by atoms with Gasteiger partial charge in [0.1, 0.15) is 5.82 Å². The highest BCUT2D eigenvalue weighted by Crippen LogP contribution is 2.37. The van der Waals surface area contributed by atoms with E-state index in [0.717, 1.165) is 44.5 Å². The van der Waals surface area contributed by atoms with E-state index in [1.165, 1.54) is 6.07 Å². The van der Waals surface area contributed by atoms with E-state index in [1.54, 1.807) is 18.2 Å². The number of benzene rings is 4. The number of rotatable bonds is 1. The SMILES string of the molecule is N#C/N=c1\c2ccccc2c2cc3/c(=N/C#N)c4cc(-c5ccc(F)c(C(F)(F)F)c5)ccc4c3cc12. The Morgan fingerprint density at radius 2 is 1.08 bits per heavy atom. The minimum Gasteiger partial charge on any atom is -0.206 e. The third kappa shape index (κ3) is 3.35. The van der Waals surface area contributed by atoms with Gasteiger partial charge in [0.25, 0.3) is 0 Å². The Hall–Kier alpha value is -5.08. The summed E-state index contributed by atoms with van der Waals surface area (Å²) in [6.45, 7) is 0. The molecule has 0 atom stereocenters. The second kappa shape index (κ2) is 7.97. The Morgan fingerprint density at radius 1 is 0.568 bits per heavy atom. The van der Waals surface area contributed by atoms with Crippen LogP contribution in [-0.4, -0.2) is 0 Å². The Kier molecular flexibility index (Phi) is 4.82. The first-order chi connectivity index (χ1) is 17.8. The van der Waals surface area contributed by atoms with Crippen molar-refractivity contribution in [3.8, 4) is 23.5 Å². The zero-order valence-electron chi connectivity index (χ0n) is 18.7.